The third kappa shape index (κ3) is 8.21. The third-order valence-corrected chi connectivity index (χ3v) is 8.24. The summed E-state index contributed by atoms with van der Waals surface area (Å²) in [6.45, 7) is 4.18. The Labute approximate surface area is 227 Å². The Hall–Kier alpha value is -3.07. The number of carbonyl (C=O) groups is 2. The number of hydrogen-bond donors (Lipinski definition) is 1. The highest BCUT2D eigenvalue weighted by molar-refractivity contribution is 7.92. The Balaban J connectivity index is 1.73. The van der Waals surface area contributed by atoms with E-state index in [9.17, 15) is 18.0 Å². The van der Waals surface area contributed by atoms with Crippen LogP contribution >= 0.6 is 0 Å². The van der Waals surface area contributed by atoms with Crippen molar-refractivity contribution in [3.05, 3.63) is 59.7 Å². The van der Waals surface area contributed by atoms with E-state index in [1.807, 2.05) is 31.2 Å². The molecule has 1 saturated carbocycles. The van der Waals surface area contributed by atoms with Crippen molar-refractivity contribution in [1.29, 1.82) is 0 Å². The molecule has 1 atom stereocenters. The summed E-state index contributed by atoms with van der Waals surface area (Å²) in [5.74, 6) is 0.106. The number of sulfonamides is 1. The first-order valence-electron chi connectivity index (χ1n) is 13.4. The second kappa shape index (κ2) is 13.6. The van der Waals surface area contributed by atoms with Gasteiger partial charge in [-0.15, -0.1) is 0 Å². The lowest BCUT2D eigenvalue weighted by atomic mass is 9.95. The second-order valence-electron chi connectivity index (χ2n) is 10.1. The molecule has 2 aromatic rings. The van der Waals surface area contributed by atoms with Crippen LogP contribution in [-0.2, 0) is 26.2 Å². The minimum Gasteiger partial charge on any atom is -0.495 e. The molecule has 38 heavy (non-hydrogen) atoms. The molecule has 1 unspecified atom stereocenters. The Morgan fingerprint density at radius 1 is 1.08 bits per heavy atom. The van der Waals surface area contributed by atoms with Gasteiger partial charge in [0.1, 0.15) is 11.8 Å². The molecule has 1 aliphatic rings. The third-order valence-electron chi connectivity index (χ3n) is 7.06. The molecule has 2 amide bonds. The van der Waals surface area contributed by atoms with Crippen LogP contribution in [0.1, 0.15) is 63.0 Å². The smallest absolute Gasteiger partial charge is 0.242 e. The van der Waals surface area contributed by atoms with Crippen LogP contribution in [0.25, 0.3) is 0 Å². The Morgan fingerprint density at radius 3 is 2.45 bits per heavy atom. The topological polar surface area (TPSA) is 96.0 Å². The summed E-state index contributed by atoms with van der Waals surface area (Å²) in [7, 11) is -2.11. The maximum Gasteiger partial charge on any atom is 0.242 e. The van der Waals surface area contributed by atoms with Gasteiger partial charge in [-0.05, 0) is 50.8 Å². The van der Waals surface area contributed by atoms with Crippen molar-refractivity contribution in [2.24, 2.45) is 0 Å². The number of para-hydroxylation sites is 2. The number of nitrogens with zero attached hydrogens (tertiary/aromatic N) is 2. The van der Waals surface area contributed by atoms with Crippen LogP contribution < -0.4 is 14.4 Å². The molecule has 0 spiro atoms. The van der Waals surface area contributed by atoms with Crippen molar-refractivity contribution in [3.8, 4) is 5.75 Å². The van der Waals surface area contributed by atoms with Crippen LogP contribution in [-0.4, -0.2) is 57.1 Å². The summed E-state index contributed by atoms with van der Waals surface area (Å²) in [5.41, 5.74) is 2.46. The average molecular weight is 544 g/mol. The molecule has 0 heterocycles. The standard InChI is InChI=1S/C29H41N3O5S/c1-22-12-10-13-24(20-22)21-31(23(2)29(34)30-25-14-6-5-7-15-25)28(33)18-11-19-32(38(4,35)36)26-16-8-9-17-27(26)37-3/h8-10,12-13,16-17,20,23,25H,5-7,11,14-15,18-19,21H2,1-4H3,(H,30,34). The molecular weight excluding hydrogens is 502 g/mol. The van der Waals surface area contributed by atoms with Gasteiger partial charge >= 0.3 is 0 Å². The van der Waals surface area contributed by atoms with Crippen LogP contribution in [0.5, 0.6) is 5.75 Å². The van der Waals surface area contributed by atoms with E-state index < -0.39 is 16.1 Å². The van der Waals surface area contributed by atoms with E-state index in [1.54, 1.807) is 36.1 Å². The monoisotopic (exact) mass is 543 g/mol. The highest BCUT2D eigenvalue weighted by Crippen LogP contribution is 2.30. The van der Waals surface area contributed by atoms with Crippen LogP contribution in [0.15, 0.2) is 48.5 Å². The van der Waals surface area contributed by atoms with Crippen molar-refractivity contribution in [3.63, 3.8) is 0 Å². The van der Waals surface area contributed by atoms with Gasteiger partial charge in [-0.25, -0.2) is 8.42 Å². The quantitative estimate of drug-likeness (QED) is 0.428. The van der Waals surface area contributed by atoms with E-state index in [0.29, 0.717) is 24.4 Å². The summed E-state index contributed by atoms with van der Waals surface area (Å²) < 4.78 is 31.8. The maximum absolute atomic E-state index is 13.5. The average Bonchev–Trinajstić information content (AvgIpc) is 2.89. The predicted molar refractivity (Wildman–Crippen MR) is 151 cm³/mol. The number of anilines is 1. The Morgan fingerprint density at radius 2 is 1.79 bits per heavy atom. The van der Waals surface area contributed by atoms with Gasteiger partial charge in [0, 0.05) is 25.6 Å². The predicted octanol–water partition coefficient (Wildman–Crippen LogP) is 4.42. The number of methoxy groups -OCH3 is 1. The minimum absolute atomic E-state index is 0.105. The van der Waals surface area contributed by atoms with Crippen LogP contribution in [0.3, 0.4) is 0 Å². The first kappa shape index (κ1) is 29.5. The molecule has 0 bridgehead atoms. The number of aryl methyl sites for hydroxylation is 1. The summed E-state index contributed by atoms with van der Waals surface area (Å²) in [5, 5.41) is 3.15. The number of nitrogens with one attached hydrogen (secondary N) is 1. The normalized spacial score (nSPS) is 14.9. The van der Waals surface area contributed by atoms with E-state index in [0.717, 1.165) is 43.1 Å². The second-order valence-corrected chi connectivity index (χ2v) is 12.0. The first-order valence-corrected chi connectivity index (χ1v) is 15.2. The molecule has 8 nitrogen and oxygen atoms in total. The summed E-state index contributed by atoms with van der Waals surface area (Å²) in [4.78, 5) is 28.3. The molecule has 1 fully saturated rings. The summed E-state index contributed by atoms with van der Waals surface area (Å²) in [6, 6.07) is 14.3. The van der Waals surface area contributed by atoms with E-state index in [4.69, 9.17) is 4.74 Å². The zero-order chi connectivity index (χ0) is 27.7. The van der Waals surface area contributed by atoms with Gasteiger partial charge in [0.25, 0.3) is 0 Å². The fourth-order valence-electron chi connectivity index (χ4n) is 4.98. The first-order chi connectivity index (χ1) is 18.1. The lowest BCUT2D eigenvalue weighted by Gasteiger charge is -2.31. The molecule has 208 valence electrons. The highest BCUT2D eigenvalue weighted by Gasteiger charge is 2.28. The molecule has 1 N–H and O–H groups in total. The number of rotatable bonds is 12. The molecule has 2 aromatic carbocycles. The fraction of sp³-hybridized carbons (Fsp3) is 0.517. The number of hydrogen-bond acceptors (Lipinski definition) is 5. The molecule has 0 aromatic heterocycles. The molecule has 3 rings (SSSR count). The Bertz CT molecular complexity index is 1190. The number of benzene rings is 2. The lowest BCUT2D eigenvalue weighted by Crippen LogP contribution is -2.50. The SMILES string of the molecule is COc1ccccc1N(CCCC(=O)N(Cc1cccc(C)c1)C(C)C(=O)NC1CCCCC1)S(C)(=O)=O. The highest BCUT2D eigenvalue weighted by atomic mass is 32.2. The van der Waals surface area contributed by atoms with Gasteiger partial charge in [-0.3, -0.25) is 13.9 Å². The van der Waals surface area contributed by atoms with Crippen LogP contribution in [0, 0.1) is 6.92 Å². The van der Waals surface area contributed by atoms with E-state index in [-0.39, 0.29) is 30.8 Å². The van der Waals surface area contributed by atoms with Crippen molar-refractivity contribution in [2.45, 2.75) is 77.4 Å². The molecule has 0 saturated heterocycles. The fourth-order valence-corrected chi connectivity index (χ4v) is 5.95. The van der Waals surface area contributed by atoms with Gasteiger partial charge in [0.05, 0.1) is 19.1 Å². The number of amides is 2. The molecular formula is C29H41N3O5S. The minimum atomic E-state index is -3.60. The van der Waals surface area contributed by atoms with Crippen molar-refractivity contribution in [2.75, 3.05) is 24.2 Å². The lowest BCUT2D eigenvalue weighted by molar-refractivity contribution is -0.141. The Kier molecular flexibility index (Phi) is 10.6. The zero-order valence-corrected chi connectivity index (χ0v) is 23.8. The van der Waals surface area contributed by atoms with E-state index in [2.05, 4.69) is 5.32 Å². The molecule has 0 radical (unpaired) electrons. The maximum atomic E-state index is 13.5. The zero-order valence-electron chi connectivity index (χ0n) is 23.0. The number of ether oxygens (including phenoxy) is 1. The van der Waals surface area contributed by atoms with Gasteiger partial charge in [-0.2, -0.15) is 0 Å². The van der Waals surface area contributed by atoms with Crippen molar-refractivity contribution < 1.29 is 22.7 Å². The van der Waals surface area contributed by atoms with E-state index >= 15 is 0 Å². The van der Waals surface area contributed by atoms with E-state index in [1.165, 1.54) is 17.8 Å². The van der Waals surface area contributed by atoms with Crippen molar-refractivity contribution >= 4 is 27.5 Å². The molecule has 0 aliphatic heterocycles. The number of carbonyl (C=O) groups excluding carboxylic acids is 2. The molecule has 9 heteroatoms. The summed E-state index contributed by atoms with van der Waals surface area (Å²) >= 11 is 0. The van der Waals surface area contributed by atoms with Crippen LogP contribution in [0.4, 0.5) is 5.69 Å². The van der Waals surface area contributed by atoms with Crippen LogP contribution in [0.2, 0.25) is 0 Å². The van der Waals surface area contributed by atoms with Crippen molar-refractivity contribution in [1.82, 2.24) is 10.2 Å². The van der Waals surface area contributed by atoms with Gasteiger partial charge in [0.2, 0.25) is 21.8 Å². The van der Waals surface area contributed by atoms with Gasteiger partial charge < -0.3 is 15.0 Å². The largest absolute Gasteiger partial charge is 0.495 e. The van der Waals surface area contributed by atoms with Gasteiger partial charge in [0.15, 0.2) is 0 Å². The molecule has 1 aliphatic carbocycles. The van der Waals surface area contributed by atoms with Gasteiger partial charge in [-0.1, -0.05) is 61.2 Å². The summed E-state index contributed by atoms with van der Waals surface area (Å²) in [6.07, 6.45) is 6.88.